The molecule has 2 fully saturated rings. The second kappa shape index (κ2) is 7.89. The molecule has 1 unspecified atom stereocenters. The van der Waals surface area contributed by atoms with E-state index in [1.807, 2.05) is 30.0 Å². The average Bonchev–Trinajstić information content (AvgIpc) is 3.65. The Morgan fingerprint density at radius 1 is 1.03 bits per heavy atom. The van der Waals surface area contributed by atoms with Crippen LogP contribution in [0, 0.1) is 11.7 Å². The van der Waals surface area contributed by atoms with Crippen molar-refractivity contribution in [3.63, 3.8) is 0 Å². The van der Waals surface area contributed by atoms with Crippen LogP contribution in [0.1, 0.15) is 31.6 Å². The molecule has 160 valence electrons. The van der Waals surface area contributed by atoms with Crippen molar-refractivity contribution in [1.29, 1.82) is 0 Å². The molecule has 0 spiro atoms. The van der Waals surface area contributed by atoms with Crippen molar-refractivity contribution >= 4 is 16.8 Å². The molecule has 1 aliphatic carbocycles. The zero-order valence-electron chi connectivity index (χ0n) is 17.5. The first-order valence-corrected chi connectivity index (χ1v) is 10.8. The molecule has 3 aromatic rings. The number of fused-ring (bicyclic) bond motifs is 1. The van der Waals surface area contributed by atoms with E-state index < -0.39 is 0 Å². The van der Waals surface area contributed by atoms with Gasteiger partial charge in [-0.3, -0.25) is 19.1 Å². The molecule has 0 bridgehead atoms. The minimum absolute atomic E-state index is 0.138. The summed E-state index contributed by atoms with van der Waals surface area (Å²) in [7, 11) is 0. The third-order valence-corrected chi connectivity index (χ3v) is 6.36. The first kappa shape index (κ1) is 19.9. The second-order valence-corrected chi connectivity index (χ2v) is 8.42. The number of hydrogen-bond acceptors (Lipinski definition) is 4. The van der Waals surface area contributed by atoms with E-state index in [2.05, 4.69) is 4.90 Å². The van der Waals surface area contributed by atoms with Crippen molar-refractivity contribution in [3.05, 3.63) is 70.5 Å². The van der Waals surface area contributed by atoms with Crippen LogP contribution in [0.25, 0.3) is 16.6 Å². The van der Waals surface area contributed by atoms with E-state index >= 15 is 0 Å². The van der Waals surface area contributed by atoms with Crippen LogP contribution in [0.4, 0.5) is 4.39 Å². The van der Waals surface area contributed by atoms with Gasteiger partial charge in [-0.1, -0.05) is 12.1 Å². The molecule has 6 nitrogen and oxygen atoms in total. The zero-order chi connectivity index (χ0) is 21.5. The minimum Gasteiger partial charge on any atom is -0.340 e. The van der Waals surface area contributed by atoms with Crippen LogP contribution in [-0.4, -0.2) is 51.4 Å². The van der Waals surface area contributed by atoms with Crippen molar-refractivity contribution in [1.82, 2.24) is 19.4 Å². The van der Waals surface area contributed by atoms with Gasteiger partial charge in [0.2, 0.25) is 5.91 Å². The maximum atomic E-state index is 13.5. The molecule has 1 amide bonds. The number of benzene rings is 2. The molecule has 2 heterocycles. The van der Waals surface area contributed by atoms with Gasteiger partial charge in [-0.05, 0) is 56.2 Å². The van der Waals surface area contributed by atoms with E-state index in [0.717, 1.165) is 25.9 Å². The van der Waals surface area contributed by atoms with Crippen LogP contribution >= 0.6 is 0 Å². The van der Waals surface area contributed by atoms with Gasteiger partial charge in [-0.2, -0.15) is 0 Å². The fourth-order valence-corrected chi connectivity index (χ4v) is 4.35. The Morgan fingerprint density at radius 2 is 1.71 bits per heavy atom. The van der Waals surface area contributed by atoms with Gasteiger partial charge in [0.05, 0.1) is 22.6 Å². The summed E-state index contributed by atoms with van der Waals surface area (Å²) in [5.74, 6) is 0.781. The number of halogens is 1. The van der Waals surface area contributed by atoms with Crippen LogP contribution in [0.5, 0.6) is 0 Å². The molecule has 2 aromatic carbocycles. The summed E-state index contributed by atoms with van der Waals surface area (Å²) in [6, 6.07) is 13.1. The number of rotatable bonds is 4. The number of piperazine rings is 1. The summed E-state index contributed by atoms with van der Waals surface area (Å²) in [6.45, 7) is 4.87. The van der Waals surface area contributed by atoms with Crippen LogP contribution < -0.4 is 5.56 Å². The monoisotopic (exact) mass is 420 g/mol. The Labute approximate surface area is 179 Å². The second-order valence-electron chi connectivity index (χ2n) is 8.42. The van der Waals surface area contributed by atoms with Gasteiger partial charge >= 0.3 is 0 Å². The highest BCUT2D eigenvalue weighted by atomic mass is 19.1. The number of aromatic nitrogens is 2. The lowest BCUT2D eigenvalue weighted by molar-refractivity contribution is -0.134. The predicted molar refractivity (Wildman–Crippen MR) is 117 cm³/mol. The zero-order valence-corrected chi connectivity index (χ0v) is 17.5. The molecule has 31 heavy (non-hydrogen) atoms. The van der Waals surface area contributed by atoms with Gasteiger partial charge in [0.15, 0.2) is 0 Å². The minimum atomic E-state index is -0.350. The fourth-order valence-electron chi connectivity index (χ4n) is 4.35. The lowest BCUT2D eigenvalue weighted by Gasteiger charge is -2.38. The number of amides is 1. The molecular formula is C24H25FN4O2. The number of carbonyl (C=O) groups excluding carboxylic acids is 1. The highest BCUT2D eigenvalue weighted by Gasteiger charge is 2.35. The summed E-state index contributed by atoms with van der Waals surface area (Å²) in [6.07, 6.45) is 2.03. The molecule has 5 rings (SSSR count). The number of nitrogens with zero attached hydrogens (tertiary/aromatic N) is 4. The molecule has 7 heteroatoms. The van der Waals surface area contributed by atoms with Crippen LogP contribution in [0.3, 0.4) is 0 Å². The van der Waals surface area contributed by atoms with Crippen molar-refractivity contribution in [3.8, 4) is 5.69 Å². The Kier molecular flexibility index (Phi) is 5.06. The summed E-state index contributed by atoms with van der Waals surface area (Å²) in [5, 5.41) is 0.530. The smallest absolute Gasteiger partial charge is 0.266 e. The van der Waals surface area contributed by atoms with E-state index in [1.54, 1.807) is 22.8 Å². The van der Waals surface area contributed by atoms with Crippen molar-refractivity contribution in [2.45, 2.75) is 25.8 Å². The Hall–Kier alpha value is -3.06. The van der Waals surface area contributed by atoms with E-state index in [-0.39, 0.29) is 29.2 Å². The predicted octanol–water partition coefficient (Wildman–Crippen LogP) is 3.14. The largest absolute Gasteiger partial charge is 0.340 e. The van der Waals surface area contributed by atoms with Gasteiger partial charge in [-0.15, -0.1) is 0 Å². The maximum Gasteiger partial charge on any atom is 0.266 e. The van der Waals surface area contributed by atoms with E-state index in [0.29, 0.717) is 35.5 Å². The molecule has 1 saturated heterocycles. The van der Waals surface area contributed by atoms with Crippen LogP contribution in [-0.2, 0) is 4.79 Å². The fraction of sp³-hybridized carbons (Fsp3) is 0.375. The quantitative estimate of drug-likeness (QED) is 0.651. The normalized spacial score (nSPS) is 18.3. The molecule has 1 aromatic heterocycles. The van der Waals surface area contributed by atoms with Crippen molar-refractivity contribution < 1.29 is 9.18 Å². The van der Waals surface area contributed by atoms with Gasteiger partial charge in [0.1, 0.15) is 11.6 Å². The topological polar surface area (TPSA) is 58.4 Å². The maximum absolute atomic E-state index is 13.5. The van der Waals surface area contributed by atoms with Crippen molar-refractivity contribution in [2.75, 3.05) is 26.2 Å². The SMILES string of the molecule is CC(c1nc2ccccc2c(=O)n1-c1ccc(F)cc1)N1CCN(C(=O)C2CC2)CC1. The lowest BCUT2D eigenvalue weighted by Crippen LogP contribution is -2.50. The van der Waals surface area contributed by atoms with E-state index in [9.17, 15) is 14.0 Å². The average molecular weight is 420 g/mol. The molecule has 1 aliphatic heterocycles. The highest BCUT2D eigenvalue weighted by molar-refractivity contribution is 5.81. The van der Waals surface area contributed by atoms with E-state index in [1.165, 1.54) is 12.1 Å². The van der Waals surface area contributed by atoms with Gasteiger partial charge in [0.25, 0.3) is 5.56 Å². The number of para-hydroxylation sites is 1. The molecule has 0 N–H and O–H groups in total. The van der Waals surface area contributed by atoms with Gasteiger partial charge < -0.3 is 4.90 Å². The third-order valence-electron chi connectivity index (χ3n) is 6.36. The van der Waals surface area contributed by atoms with Crippen LogP contribution in [0.15, 0.2) is 53.3 Å². The molecular weight excluding hydrogens is 395 g/mol. The third kappa shape index (κ3) is 3.74. The standard InChI is InChI=1S/C24H25FN4O2/c1-16(27-12-14-28(15-13-27)23(30)17-6-7-17)22-26-21-5-3-2-4-20(21)24(31)29(22)19-10-8-18(25)9-11-19/h2-5,8-11,16-17H,6-7,12-15H2,1H3. The Bertz CT molecular complexity index is 1180. The Balaban J connectivity index is 1.51. The van der Waals surface area contributed by atoms with Crippen LogP contribution in [0.2, 0.25) is 0 Å². The summed E-state index contributed by atoms with van der Waals surface area (Å²) in [5.41, 5.74) is 1.07. The molecule has 2 aliphatic rings. The summed E-state index contributed by atoms with van der Waals surface area (Å²) >= 11 is 0. The molecule has 1 saturated carbocycles. The number of hydrogen-bond donors (Lipinski definition) is 0. The molecule has 0 radical (unpaired) electrons. The Morgan fingerprint density at radius 3 is 2.39 bits per heavy atom. The first-order chi connectivity index (χ1) is 15.0. The molecule has 1 atom stereocenters. The van der Waals surface area contributed by atoms with E-state index in [4.69, 9.17) is 4.98 Å². The summed E-state index contributed by atoms with van der Waals surface area (Å²) < 4.78 is 15.1. The lowest BCUT2D eigenvalue weighted by atomic mass is 10.1. The van der Waals surface area contributed by atoms with Gasteiger partial charge in [-0.25, -0.2) is 9.37 Å². The number of carbonyl (C=O) groups is 1. The highest BCUT2D eigenvalue weighted by Crippen LogP contribution is 2.32. The first-order valence-electron chi connectivity index (χ1n) is 10.8. The van der Waals surface area contributed by atoms with Gasteiger partial charge in [0, 0.05) is 32.1 Å². The summed E-state index contributed by atoms with van der Waals surface area (Å²) in [4.78, 5) is 34.9. The van der Waals surface area contributed by atoms with Crippen molar-refractivity contribution in [2.24, 2.45) is 5.92 Å².